The molecular formula is C23H18N4O5S. The van der Waals surface area contributed by atoms with Crippen LogP contribution in [0.25, 0.3) is 21.0 Å². The molecule has 0 aliphatic carbocycles. The van der Waals surface area contributed by atoms with E-state index >= 15 is 0 Å². The standard InChI is InChI=1S/C23H18N4O5S/c1-23(13-6-5-7-14(12-13)31-2)21(29)27(22(30)25-23)26-19(28)16-10-11-17(32-16)20-24-15-8-3-4-9-18(15)33-20/h3-12H,1-2H3,(H,25,30)(H,26,28)/t23-/m0/s1. The molecule has 0 bridgehead atoms. The molecule has 33 heavy (non-hydrogen) atoms. The molecule has 9 nitrogen and oxygen atoms in total. The molecule has 0 spiro atoms. The van der Waals surface area contributed by atoms with E-state index in [9.17, 15) is 14.4 Å². The van der Waals surface area contributed by atoms with Crippen molar-refractivity contribution in [2.45, 2.75) is 12.5 Å². The van der Waals surface area contributed by atoms with Crippen LogP contribution in [0.3, 0.4) is 0 Å². The number of hydrogen-bond donors (Lipinski definition) is 2. The number of ether oxygens (including phenoxy) is 1. The summed E-state index contributed by atoms with van der Waals surface area (Å²) in [6.45, 7) is 1.56. The van der Waals surface area contributed by atoms with Crippen molar-refractivity contribution in [2.24, 2.45) is 0 Å². The first-order chi connectivity index (χ1) is 15.9. The zero-order chi connectivity index (χ0) is 23.2. The lowest BCUT2D eigenvalue weighted by molar-refractivity contribution is -0.132. The van der Waals surface area contributed by atoms with E-state index in [1.54, 1.807) is 37.3 Å². The fourth-order valence-corrected chi connectivity index (χ4v) is 4.51. The summed E-state index contributed by atoms with van der Waals surface area (Å²) in [6, 6.07) is 16.8. The molecule has 2 aromatic carbocycles. The van der Waals surface area contributed by atoms with E-state index in [-0.39, 0.29) is 5.76 Å². The number of nitrogens with zero attached hydrogens (tertiary/aromatic N) is 2. The number of carbonyl (C=O) groups is 3. The van der Waals surface area contributed by atoms with Gasteiger partial charge in [0.2, 0.25) is 0 Å². The summed E-state index contributed by atoms with van der Waals surface area (Å²) in [4.78, 5) is 42.9. The lowest BCUT2D eigenvalue weighted by Gasteiger charge is -2.22. The van der Waals surface area contributed by atoms with Gasteiger partial charge in [-0.2, -0.15) is 5.01 Å². The number of fused-ring (bicyclic) bond motifs is 1. The molecule has 0 saturated carbocycles. The Labute approximate surface area is 191 Å². The Bertz CT molecular complexity index is 1380. The molecule has 0 radical (unpaired) electrons. The third-order valence-corrected chi connectivity index (χ3v) is 6.44. The third kappa shape index (κ3) is 3.50. The fourth-order valence-electron chi connectivity index (χ4n) is 3.58. The minimum absolute atomic E-state index is 0.0557. The molecule has 1 atom stereocenters. The highest BCUT2D eigenvalue weighted by molar-refractivity contribution is 7.21. The summed E-state index contributed by atoms with van der Waals surface area (Å²) in [7, 11) is 1.51. The number of aromatic nitrogens is 1. The number of carbonyl (C=O) groups excluding carboxylic acids is 3. The molecule has 3 heterocycles. The maximum absolute atomic E-state index is 13.1. The predicted octanol–water partition coefficient (Wildman–Crippen LogP) is 3.68. The van der Waals surface area contributed by atoms with Crippen LogP contribution in [0.15, 0.2) is 65.1 Å². The van der Waals surface area contributed by atoms with Gasteiger partial charge in [-0.15, -0.1) is 11.3 Å². The van der Waals surface area contributed by atoms with Crippen molar-refractivity contribution in [3.8, 4) is 16.5 Å². The summed E-state index contributed by atoms with van der Waals surface area (Å²) < 4.78 is 11.9. The van der Waals surface area contributed by atoms with E-state index in [2.05, 4.69) is 15.7 Å². The van der Waals surface area contributed by atoms with E-state index in [1.165, 1.54) is 24.5 Å². The van der Waals surface area contributed by atoms with E-state index in [0.717, 1.165) is 10.2 Å². The van der Waals surface area contributed by atoms with E-state index < -0.39 is 23.4 Å². The van der Waals surface area contributed by atoms with Crippen LogP contribution in [0.5, 0.6) is 5.75 Å². The van der Waals surface area contributed by atoms with Crippen molar-refractivity contribution in [1.29, 1.82) is 0 Å². The molecule has 4 amide bonds. The van der Waals surface area contributed by atoms with Crippen LogP contribution in [0, 0.1) is 0 Å². The summed E-state index contributed by atoms with van der Waals surface area (Å²) in [5.41, 5.74) is 2.31. The highest BCUT2D eigenvalue weighted by Crippen LogP contribution is 2.32. The molecular weight excluding hydrogens is 444 g/mol. The monoisotopic (exact) mass is 462 g/mol. The average molecular weight is 462 g/mol. The maximum Gasteiger partial charge on any atom is 0.344 e. The second kappa shape index (κ2) is 7.75. The molecule has 0 unspecified atom stereocenters. The minimum Gasteiger partial charge on any atom is -0.497 e. The Morgan fingerprint density at radius 2 is 1.97 bits per heavy atom. The molecule has 10 heteroatoms. The Morgan fingerprint density at radius 1 is 1.15 bits per heavy atom. The topological polar surface area (TPSA) is 114 Å². The molecule has 1 fully saturated rings. The Kier molecular flexibility index (Phi) is 4.86. The molecule has 166 valence electrons. The van der Waals surface area contributed by atoms with Crippen molar-refractivity contribution in [1.82, 2.24) is 20.7 Å². The van der Waals surface area contributed by atoms with Gasteiger partial charge in [-0.25, -0.2) is 15.2 Å². The number of imide groups is 1. The van der Waals surface area contributed by atoms with Crippen LogP contribution >= 0.6 is 11.3 Å². The molecule has 1 aliphatic rings. The molecule has 2 N–H and O–H groups in total. The lowest BCUT2D eigenvalue weighted by Crippen LogP contribution is -2.47. The van der Waals surface area contributed by atoms with E-state index in [0.29, 0.717) is 27.1 Å². The number of methoxy groups -OCH3 is 1. The van der Waals surface area contributed by atoms with Crippen molar-refractivity contribution in [3.05, 3.63) is 72.0 Å². The smallest absolute Gasteiger partial charge is 0.344 e. The van der Waals surface area contributed by atoms with Gasteiger partial charge in [-0.05, 0) is 48.9 Å². The van der Waals surface area contributed by atoms with Crippen LogP contribution in [0.2, 0.25) is 0 Å². The van der Waals surface area contributed by atoms with Crippen LogP contribution < -0.4 is 15.5 Å². The SMILES string of the molecule is COc1cccc([C@]2(C)NC(=O)N(NC(=O)c3ccc(-c4nc5ccccc5s4)o3)C2=O)c1. The highest BCUT2D eigenvalue weighted by Gasteiger charge is 2.50. The first-order valence-electron chi connectivity index (χ1n) is 9.97. The zero-order valence-electron chi connectivity index (χ0n) is 17.6. The first-order valence-corrected chi connectivity index (χ1v) is 10.8. The fraction of sp³-hybridized carbons (Fsp3) is 0.130. The minimum atomic E-state index is -1.37. The maximum atomic E-state index is 13.1. The van der Waals surface area contributed by atoms with Crippen LogP contribution in [-0.2, 0) is 10.3 Å². The number of furan rings is 1. The van der Waals surface area contributed by atoms with E-state index in [1.807, 2.05) is 24.3 Å². The van der Waals surface area contributed by atoms with Gasteiger partial charge in [-0.3, -0.25) is 9.59 Å². The predicted molar refractivity (Wildman–Crippen MR) is 121 cm³/mol. The number of benzene rings is 2. The van der Waals surface area contributed by atoms with Gasteiger partial charge in [0.1, 0.15) is 11.3 Å². The number of urea groups is 1. The number of amides is 4. The first kappa shape index (κ1) is 20.7. The van der Waals surface area contributed by atoms with Crippen molar-refractivity contribution in [3.63, 3.8) is 0 Å². The van der Waals surface area contributed by atoms with Gasteiger partial charge in [0, 0.05) is 0 Å². The Hall–Kier alpha value is -4.18. The van der Waals surface area contributed by atoms with Crippen molar-refractivity contribution < 1.29 is 23.5 Å². The van der Waals surface area contributed by atoms with Gasteiger partial charge in [0.05, 0.1) is 17.3 Å². The van der Waals surface area contributed by atoms with E-state index in [4.69, 9.17) is 9.15 Å². The number of nitrogens with one attached hydrogen (secondary N) is 2. The summed E-state index contributed by atoms with van der Waals surface area (Å²) in [5, 5.41) is 3.90. The number of para-hydroxylation sites is 1. The molecule has 1 aliphatic heterocycles. The molecule has 1 saturated heterocycles. The Morgan fingerprint density at radius 3 is 2.76 bits per heavy atom. The van der Waals surface area contributed by atoms with Gasteiger partial charge in [-0.1, -0.05) is 24.3 Å². The van der Waals surface area contributed by atoms with Gasteiger partial charge >= 0.3 is 11.9 Å². The quantitative estimate of drug-likeness (QED) is 0.438. The van der Waals surface area contributed by atoms with Gasteiger partial charge in [0.15, 0.2) is 16.5 Å². The zero-order valence-corrected chi connectivity index (χ0v) is 18.4. The largest absolute Gasteiger partial charge is 0.497 e. The number of hydrazine groups is 1. The number of hydrogen-bond acceptors (Lipinski definition) is 7. The summed E-state index contributed by atoms with van der Waals surface area (Å²) >= 11 is 1.43. The average Bonchev–Trinajstić information content (AvgIpc) is 3.53. The third-order valence-electron chi connectivity index (χ3n) is 5.39. The van der Waals surface area contributed by atoms with Crippen molar-refractivity contribution >= 4 is 39.4 Å². The molecule has 2 aromatic heterocycles. The normalized spacial score (nSPS) is 17.9. The second-order valence-electron chi connectivity index (χ2n) is 7.52. The second-order valence-corrected chi connectivity index (χ2v) is 8.55. The highest BCUT2D eigenvalue weighted by atomic mass is 32.1. The summed E-state index contributed by atoms with van der Waals surface area (Å²) in [5.74, 6) is -0.469. The van der Waals surface area contributed by atoms with Crippen LogP contribution in [0.4, 0.5) is 4.79 Å². The van der Waals surface area contributed by atoms with Crippen LogP contribution in [-0.4, -0.2) is 34.9 Å². The lowest BCUT2D eigenvalue weighted by atomic mass is 9.92. The Balaban J connectivity index is 1.35. The molecule has 4 aromatic rings. The van der Waals surface area contributed by atoms with Gasteiger partial charge in [0.25, 0.3) is 5.91 Å². The summed E-state index contributed by atoms with van der Waals surface area (Å²) in [6.07, 6.45) is 0. The molecule has 5 rings (SSSR count). The number of rotatable bonds is 5. The van der Waals surface area contributed by atoms with Crippen molar-refractivity contribution in [2.75, 3.05) is 7.11 Å². The van der Waals surface area contributed by atoms with Crippen LogP contribution in [0.1, 0.15) is 23.0 Å². The van der Waals surface area contributed by atoms with Gasteiger partial charge < -0.3 is 14.5 Å². The number of thiazole rings is 1.